The molecule has 1 N–H and O–H groups in total. The average Bonchev–Trinajstić information content (AvgIpc) is 2.16. The Kier molecular flexibility index (Phi) is 5.44. The first-order valence-corrected chi connectivity index (χ1v) is 6.03. The van der Waals surface area contributed by atoms with E-state index >= 15 is 0 Å². The summed E-state index contributed by atoms with van der Waals surface area (Å²) in [7, 11) is 0. The molecule has 84 valence electrons. The van der Waals surface area contributed by atoms with Crippen LogP contribution in [0.1, 0.15) is 25.8 Å². The van der Waals surface area contributed by atoms with E-state index in [9.17, 15) is 0 Å². The van der Waals surface area contributed by atoms with Gasteiger partial charge in [0.15, 0.2) is 0 Å². The van der Waals surface area contributed by atoms with E-state index in [1.54, 1.807) is 6.07 Å². The van der Waals surface area contributed by atoms with Crippen molar-refractivity contribution in [2.24, 2.45) is 5.92 Å². The highest BCUT2D eigenvalue weighted by molar-refractivity contribution is 6.34. The maximum atomic E-state index is 5.91. The third-order valence-electron chi connectivity index (χ3n) is 2.44. The number of halogens is 2. The Bertz CT molecular complexity index is 292. The summed E-state index contributed by atoms with van der Waals surface area (Å²) in [6.45, 7) is 6.28. The van der Waals surface area contributed by atoms with Crippen LogP contribution in [0.5, 0.6) is 0 Å². The van der Waals surface area contributed by atoms with E-state index in [0.29, 0.717) is 16.0 Å². The van der Waals surface area contributed by atoms with E-state index in [2.05, 4.69) is 19.2 Å². The van der Waals surface area contributed by atoms with Gasteiger partial charge in [0.2, 0.25) is 0 Å². The van der Waals surface area contributed by atoms with E-state index in [0.717, 1.165) is 18.7 Å². The maximum absolute atomic E-state index is 5.91. The Morgan fingerprint density at radius 2 is 1.80 bits per heavy atom. The zero-order valence-electron chi connectivity index (χ0n) is 9.19. The van der Waals surface area contributed by atoms with Gasteiger partial charge in [-0.05, 0) is 36.2 Å². The van der Waals surface area contributed by atoms with Crippen molar-refractivity contribution in [1.82, 2.24) is 5.32 Å². The van der Waals surface area contributed by atoms with Gasteiger partial charge in [-0.1, -0.05) is 43.5 Å². The lowest BCUT2D eigenvalue weighted by atomic mass is 10.1. The van der Waals surface area contributed by atoms with Crippen LogP contribution in [0.3, 0.4) is 0 Å². The average molecular weight is 246 g/mol. The standard InChI is InChI=1S/C12H17Cl2N/c1-3-9(2)7-15-8-10-4-11(13)6-12(14)5-10/h4-6,9,15H,3,7-8H2,1-2H3. The van der Waals surface area contributed by atoms with Gasteiger partial charge < -0.3 is 5.32 Å². The largest absolute Gasteiger partial charge is 0.312 e. The molecule has 1 nitrogen and oxygen atoms in total. The number of hydrogen-bond donors (Lipinski definition) is 1. The summed E-state index contributed by atoms with van der Waals surface area (Å²) in [6, 6.07) is 5.63. The second kappa shape index (κ2) is 6.37. The van der Waals surface area contributed by atoms with Crippen LogP contribution < -0.4 is 5.32 Å². The Hall–Kier alpha value is -0.240. The van der Waals surface area contributed by atoms with E-state index in [1.807, 2.05) is 12.1 Å². The molecule has 1 unspecified atom stereocenters. The molecule has 0 bridgehead atoms. The van der Waals surface area contributed by atoms with Crippen LogP contribution in [-0.4, -0.2) is 6.54 Å². The summed E-state index contributed by atoms with van der Waals surface area (Å²) >= 11 is 11.8. The molecule has 0 aromatic heterocycles. The molecule has 1 atom stereocenters. The second-order valence-electron chi connectivity index (χ2n) is 3.92. The van der Waals surface area contributed by atoms with Crippen LogP contribution in [0.15, 0.2) is 18.2 Å². The molecule has 0 spiro atoms. The van der Waals surface area contributed by atoms with Crippen molar-refractivity contribution in [2.75, 3.05) is 6.54 Å². The molecule has 0 amide bonds. The highest BCUT2D eigenvalue weighted by Crippen LogP contribution is 2.18. The zero-order valence-corrected chi connectivity index (χ0v) is 10.7. The molecular formula is C12H17Cl2N. The van der Waals surface area contributed by atoms with Gasteiger partial charge in [0.05, 0.1) is 0 Å². The molecule has 0 saturated carbocycles. The van der Waals surface area contributed by atoms with Crippen LogP contribution in [0.2, 0.25) is 10.0 Å². The minimum absolute atomic E-state index is 0.697. The van der Waals surface area contributed by atoms with Gasteiger partial charge in [-0.15, -0.1) is 0 Å². The highest BCUT2D eigenvalue weighted by atomic mass is 35.5. The van der Waals surface area contributed by atoms with Crippen LogP contribution in [0, 0.1) is 5.92 Å². The van der Waals surface area contributed by atoms with Crippen molar-refractivity contribution in [2.45, 2.75) is 26.8 Å². The van der Waals surface area contributed by atoms with E-state index in [4.69, 9.17) is 23.2 Å². The maximum Gasteiger partial charge on any atom is 0.0424 e. The Labute approximate surface area is 102 Å². The van der Waals surface area contributed by atoms with Crippen molar-refractivity contribution >= 4 is 23.2 Å². The minimum Gasteiger partial charge on any atom is -0.312 e. The Morgan fingerprint density at radius 3 is 2.33 bits per heavy atom. The zero-order chi connectivity index (χ0) is 11.3. The van der Waals surface area contributed by atoms with Crippen molar-refractivity contribution < 1.29 is 0 Å². The number of rotatable bonds is 5. The fraction of sp³-hybridized carbons (Fsp3) is 0.500. The number of hydrogen-bond acceptors (Lipinski definition) is 1. The summed E-state index contributed by atoms with van der Waals surface area (Å²) in [5.74, 6) is 0.708. The third-order valence-corrected chi connectivity index (χ3v) is 2.88. The Morgan fingerprint density at radius 1 is 1.20 bits per heavy atom. The molecule has 3 heteroatoms. The molecule has 0 saturated heterocycles. The SMILES string of the molecule is CCC(C)CNCc1cc(Cl)cc(Cl)c1. The van der Waals surface area contributed by atoms with Gasteiger partial charge in [-0.2, -0.15) is 0 Å². The van der Waals surface area contributed by atoms with Gasteiger partial charge in [0, 0.05) is 16.6 Å². The number of benzene rings is 1. The lowest BCUT2D eigenvalue weighted by Crippen LogP contribution is -2.20. The first-order valence-electron chi connectivity index (χ1n) is 5.27. The van der Waals surface area contributed by atoms with Gasteiger partial charge in [-0.25, -0.2) is 0 Å². The molecule has 0 aliphatic heterocycles. The van der Waals surface area contributed by atoms with Crippen LogP contribution in [-0.2, 0) is 6.54 Å². The minimum atomic E-state index is 0.697. The van der Waals surface area contributed by atoms with Crippen molar-refractivity contribution in [3.05, 3.63) is 33.8 Å². The highest BCUT2D eigenvalue weighted by Gasteiger charge is 2.00. The quantitative estimate of drug-likeness (QED) is 0.823. The second-order valence-corrected chi connectivity index (χ2v) is 4.79. The molecule has 0 heterocycles. The monoisotopic (exact) mass is 245 g/mol. The predicted octanol–water partition coefficient (Wildman–Crippen LogP) is 4.13. The fourth-order valence-electron chi connectivity index (χ4n) is 1.32. The first-order chi connectivity index (χ1) is 7.11. The molecule has 0 aliphatic rings. The summed E-state index contributed by atoms with van der Waals surface area (Å²) in [5.41, 5.74) is 1.14. The summed E-state index contributed by atoms with van der Waals surface area (Å²) < 4.78 is 0. The lowest BCUT2D eigenvalue weighted by molar-refractivity contribution is 0.500. The lowest BCUT2D eigenvalue weighted by Gasteiger charge is -2.10. The first kappa shape index (κ1) is 12.8. The van der Waals surface area contributed by atoms with E-state index in [1.165, 1.54) is 6.42 Å². The Balaban J connectivity index is 2.43. The van der Waals surface area contributed by atoms with Gasteiger partial charge in [0.1, 0.15) is 0 Å². The molecular weight excluding hydrogens is 229 g/mol. The van der Waals surface area contributed by atoms with Crippen LogP contribution in [0.4, 0.5) is 0 Å². The van der Waals surface area contributed by atoms with E-state index in [-0.39, 0.29) is 0 Å². The molecule has 0 radical (unpaired) electrons. The van der Waals surface area contributed by atoms with Gasteiger partial charge in [-0.3, -0.25) is 0 Å². The molecule has 0 fully saturated rings. The molecule has 15 heavy (non-hydrogen) atoms. The van der Waals surface area contributed by atoms with Crippen molar-refractivity contribution in [1.29, 1.82) is 0 Å². The topological polar surface area (TPSA) is 12.0 Å². The van der Waals surface area contributed by atoms with Crippen molar-refractivity contribution in [3.8, 4) is 0 Å². The molecule has 1 aromatic rings. The third kappa shape index (κ3) is 4.87. The van der Waals surface area contributed by atoms with Gasteiger partial charge in [0.25, 0.3) is 0 Å². The molecule has 0 aliphatic carbocycles. The van der Waals surface area contributed by atoms with Crippen molar-refractivity contribution in [3.63, 3.8) is 0 Å². The van der Waals surface area contributed by atoms with Crippen LogP contribution in [0.25, 0.3) is 0 Å². The van der Waals surface area contributed by atoms with E-state index < -0.39 is 0 Å². The smallest absolute Gasteiger partial charge is 0.0424 e. The normalized spacial score (nSPS) is 12.8. The summed E-state index contributed by atoms with van der Waals surface area (Å²) in [5, 5.41) is 4.78. The number of nitrogens with one attached hydrogen (secondary N) is 1. The molecule has 1 rings (SSSR count). The fourth-order valence-corrected chi connectivity index (χ4v) is 1.89. The summed E-state index contributed by atoms with van der Waals surface area (Å²) in [4.78, 5) is 0. The summed E-state index contributed by atoms with van der Waals surface area (Å²) in [6.07, 6.45) is 1.20. The predicted molar refractivity (Wildman–Crippen MR) is 67.6 cm³/mol. The molecule has 1 aromatic carbocycles. The van der Waals surface area contributed by atoms with Gasteiger partial charge >= 0.3 is 0 Å². The van der Waals surface area contributed by atoms with Crippen LogP contribution >= 0.6 is 23.2 Å².